The van der Waals surface area contributed by atoms with E-state index >= 15 is 0 Å². The van der Waals surface area contributed by atoms with Crippen LogP contribution in [-0.2, 0) is 16.1 Å². The molecule has 1 aromatic carbocycles. The van der Waals surface area contributed by atoms with Gasteiger partial charge in [0.2, 0.25) is 0 Å². The number of hydrogen-bond donors (Lipinski definition) is 2. The van der Waals surface area contributed by atoms with Gasteiger partial charge in [0.15, 0.2) is 0 Å². The van der Waals surface area contributed by atoms with Gasteiger partial charge in [0.1, 0.15) is 13.3 Å². The zero-order valence-electron chi connectivity index (χ0n) is 32.6. The summed E-state index contributed by atoms with van der Waals surface area (Å²) in [5.74, 6) is 2.69. The largest absolute Gasteiger partial charge is 0.460 e. The number of alkyl halides is 1. The first-order chi connectivity index (χ1) is 24.2. The standard InChI is InChI=1S/C46H66FNO3/c1-31(2)34-17-24-46(48-27-28-49)26-25-43(6)36(39(34)46)13-14-38-42(5)20-18-35(41(3,4)37(42)19-21-44(38,43)7)33-15-22-45(30-47,23-16-33)40(50)51-29-32-11-9-8-10-12-32/h8-12,15,18,34,36-39,48-49H,1,13-14,16-17,19-30H2,2-7H3/t34-,36+,37-,38+,39+,42-,43+,44+,45+,46-/m0/s1. The molecule has 2 N–H and O–H groups in total. The minimum atomic E-state index is -1.08. The molecule has 0 bridgehead atoms. The van der Waals surface area contributed by atoms with Gasteiger partial charge in [0, 0.05) is 12.1 Å². The number of rotatable bonds is 9. The van der Waals surface area contributed by atoms with E-state index in [0.717, 1.165) is 18.4 Å². The van der Waals surface area contributed by atoms with Crippen molar-refractivity contribution >= 4 is 5.97 Å². The lowest BCUT2D eigenvalue weighted by Gasteiger charge is -2.72. The van der Waals surface area contributed by atoms with Crippen LogP contribution in [0.2, 0.25) is 0 Å². The molecule has 4 fully saturated rings. The van der Waals surface area contributed by atoms with E-state index in [-0.39, 0.29) is 40.4 Å². The Morgan fingerprint density at radius 3 is 2.35 bits per heavy atom. The van der Waals surface area contributed by atoms with Crippen molar-refractivity contribution in [3.63, 3.8) is 0 Å². The Balaban J connectivity index is 1.13. The third kappa shape index (κ3) is 5.59. The molecule has 1 aromatic rings. The van der Waals surface area contributed by atoms with Crippen molar-refractivity contribution in [2.24, 2.45) is 56.7 Å². The van der Waals surface area contributed by atoms with Gasteiger partial charge < -0.3 is 15.2 Å². The third-order valence-electron chi connectivity index (χ3n) is 17.1. The van der Waals surface area contributed by atoms with Crippen LogP contribution < -0.4 is 5.32 Å². The van der Waals surface area contributed by atoms with Crippen LogP contribution in [0.1, 0.15) is 124 Å². The van der Waals surface area contributed by atoms with Crippen LogP contribution in [0.25, 0.3) is 0 Å². The summed E-state index contributed by atoms with van der Waals surface area (Å²) in [6.45, 7) is 20.2. The maximum absolute atomic E-state index is 14.7. The predicted molar refractivity (Wildman–Crippen MR) is 204 cm³/mol. The fraction of sp³-hybridized carbons (Fsp3) is 0.717. The topological polar surface area (TPSA) is 58.6 Å². The highest BCUT2D eigenvalue weighted by Gasteiger charge is 2.70. The Kier molecular flexibility index (Phi) is 9.64. The fourth-order valence-corrected chi connectivity index (χ4v) is 14.3. The molecular weight excluding hydrogens is 634 g/mol. The minimum Gasteiger partial charge on any atom is -0.460 e. The molecule has 6 aliphatic carbocycles. The highest BCUT2D eigenvalue weighted by molar-refractivity contribution is 5.78. The number of esters is 1. The molecule has 0 heterocycles. The number of allylic oxidation sites excluding steroid dienone is 5. The molecule has 6 aliphatic rings. The lowest BCUT2D eigenvalue weighted by molar-refractivity contribution is -0.221. The number of ether oxygens (including phenoxy) is 1. The van der Waals surface area contributed by atoms with Crippen LogP contribution in [0.15, 0.2) is 65.8 Å². The molecule has 51 heavy (non-hydrogen) atoms. The van der Waals surface area contributed by atoms with E-state index in [1.807, 2.05) is 30.3 Å². The maximum atomic E-state index is 14.7. The molecule has 0 aliphatic heterocycles. The van der Waals surface area contributed by atoms with Gasteiger partial charge in [-0.1, -0.05) is 89.3 Å². The van der Waals surface area contributed by atoms with Crippen LogP contribution in [0.4, 0.5) is 4.39 Å². The molecular formula is C46H66FNO3. The second-order valence-electron chi connectivity index (χ2n) is 19.4. The quantitative estimate of drug-likeness (QED) is 0.199. The molecule has 10 atom stereocenters. The van der Waals surface area contributed by atoms with E-state index in [1.54, 1.807) is 0 Å². The normalized spacial score (nSPS) is 42.7. The van der Waals surface area contributed by atoms with E-state index in [2.05, 4.69) is 65.6 Å². The monoisotopic (exact) mass is 700 g/mol. The Bertz CT molecular complexity index is 1560. The number of aliphatic hydroxyl groups is 1. The number of fused-ring (bicyclic) bond motifs is 7. The van der Waals surface area contributed by atoms with Crippen molar-refractivity contribution in [2.75, 3.05) is 19.8 Å². The lowest BCUT2D eigenvalue weighted by atomic mass is 9.33. The molecule has 0 radical (unpaired) electrons. The summed E-state index contributed by atoms with van der Waals surface area (Å²) < 4.78 is 20.4. The zero-order valence-corrected chi connectivity index (χ0v) is 32.6. The summed E-state index contributed by atoms with van der Waals surface area (Å²) in [6.07, 6.45) is 17.5. The SMILES string of the molecule is C=C(C)[C@@H]1CC[C@]2(NCCO)CC[C@]3(C)[C@H](CC[C@@H]4[C@@]5(C)CC=C(C6=CC[C@@](CF)(C(=O)OCc7ccccc7)CC6)C(C)(C)[C@@H]5CC[C@]43C)[C@@H]12. The second kappa shape index (κ2) is 13.3. The molecule has 280 valence electrons. The number of halogens is 1. The molecule has 0 saturated heterocycles. The summed E-state index contributed by atoms with van der Waals surface area (Å²) in [7, 11) is 0. The molecule has 0 unspecified atom stereocenters. The van der Waals surface area contributed by atoms with E-state index < -0.39 is 18.1 Å². The van der Waals surface area contributed by atoms with E-state index in [4.69, 9.17) is 4.74 Å². The van der Waals surface area contributed by atoms with Gasteiger partial charge in [-0.2, -0.15) is 0 Å². The van der Waals surface area contributed by atoms with Crippen molar-refractivity contribution in [2.45, 2.75) is 131 Å². The van der Waals surface area contributed by atoms with Gasteiger partial charge >= 0.3 is 5.97 Å². The van der Waals surface area contributed by atoms with Gasteiger partial charge in [-0.15, -0.1) is 0 Å². The number of nitrogens with one attached hydrogen (secondary N) is 1. The molecule has 4 saturated carbocycles. The fourth-order valence-electron chi connectivity index (χ4n) is 14.3. The van der Waals surface area contributed by atoms with Crippen molar-refractivity contribution in [1.82, 2.24) is 5.32 Å². The summed E-state index contributed by atoms with van der Waals surface area (Å²) in [5.41, 5.74) is 4.91. The molecule has 0 aromatic heterocycles. The Hall–Kier alpha value is -2.24. The van der Waals surface area contributed by atoms with Crippen LogP contribution >= 0.6 is 0 Å². The first kappa shape index (κ1) is 37.1. The predicted octanol–water partition coefficient (Wildman–Crippen LogP) is 10.3. The Labute approximate surface area is 308 Å². The molecule has 5 heteroatoms. The number of carbonyl (C=O) groups excluding carboxylic acids is 1. The minimum absolute atomic E-state index is 0.00782. The van der Waals surface area contributed by atoms with Gasteiger partial charge in [0.05, 0.1) is 12.0 Å². The van der Waals surface area contributed by atoms with Crippen molar-refractivity contribution in [3.8, 4) is 0 Å². The van der Waals surface area contributed by atoms with E-state index in [0.29, 0.717) is 49.0 Å². The summed E-state index contributed by atoms with van der Waals surface area (Å²) >= 11 is 0. The van der Waals surface area contributed by atoms with Crippen LogP contribution in [-0.4, -0.2) is 36.4 Å². The summed E-state index contributed by atoms with van der Waals surface area (Å²) in [6, 6.07) is 9.68. The average Bonchev–Trinajstić information content (AvgIpc) is 3.50. The van der Waals surface area contributed by atoms with E-state index in [9.17, 15) is 14.3 Å². The smallest absolute Gasteiger partial charge is 0.315 e. The molecule has 0 spiro atoms. The van der Waals surface area contributed by atoms with Gasteiger partial charge in [-0.05, 0) is 152 Å². The summed E-state index contributed by atoms with van der Waals surface area (Å²) in [4.78, 5) is 13.3. The van der Waals surface area contributed by atoms with Gasteiger partial charge in [-0.25, -0.2) is 4.39 Å². The summed E-state index contributed by atoms with van der Waals surface area (Å²) in [5, 5.41) is 13.8. The maximum Gasteiger partial charge on any atom is 0.315 e. The lowest BCUT2D eigenvalue weighted by Crippen LogP contribution is -2.68. The highest BCUT2D eigenvalue weighted by atomic mass is 19.1. The van der Waals surface area contributed by atoms with Crippen LogP contribution in [0, 0.1) is 56.7 Å². The third-order valence-corrected chi connectivity index (χ3v) is 17.1. The zero-order chi connectivity index (χ0) is 36.5. The van der Waals surface area contributed by atoms with Crippen LogP contribution in [0.3, 0.4) is 0 Å². The number of aliphatic hydroxyl groups excluding tert-OH is 1. The number of hydrogen-bond acceptors (Lipinski definition) is 4. The molecule has 4 nitrogen and oxygen atoms in total. The van der Waals surface area contributed by atoms with Crippen molar-refractivity contribution in [3.05, 3.63) is 71.3 Å². The number of carbonyl (C=O) groups is 1. The average molecular weight is 700 g/mol. The Morgan fingerprint density at radius 1 is 0.922 bits per heavy atom. The van der Waals surface area contributed by atoms with Gasteiger partial charge in [-0.3, -0.25) is 4.79 Å². The van der Waals surface area contributed by atoms with Gasteiger partial charge in [0.25, 0.3) is 0 Å². The Morgan fingerprint density at radius 2 is 1.69 bits per heavy atom. The van der Waals surface area contributed by atoms with Crippen LogP contribution in [0.5, 0.6) is 0 Å². The van der Waals surface area contributed by atoms with Crippen molar-refractivity contribution in [1.29, 1.82) is 0 Å². The number of benzene rings is 1. The first-order valence-electron chi connectivity index (χ1n) is 20.4. The molecule has 7 rings (SSSR count). The molecule has 0 amide bonds. The second-order valence-corrected chi connectivity index (χ2v) is 19.4. The van der Waals surface area contributed by atoms with E-state index in [1.165, 1.54) is 68.1 Å². The first-order valence-corrected chi connectivity index (χ1v) is 20.4. The van der Waals surface area contributed by atoms with Crippen molar-refractivity contribution < 1.29 is 19.0 Å². The number of β-amino-alcohol motifs (C(OH)–C–C–N with tert-alkyl or cyclic N) is 1. The highest BCUT2D eigenvalue weighted by Crippen LogP contribution is 2.76.